The van der Waals surface area contributed by atoms with Crippen LogP contribution in [0.4, 0.5) is 0 Å². The van der Waals surface area contributed by atoms with E-state index >= 15 is 0 Å². The first-order valence-corrected chi connectivity index (χ1v) is 9.54. The van der Waals surface area contributed by atoms with Gasteiger partial charge in [-0.25, -0.2) is 0 Å². The average molecular weight is 405 g/mol. The first-order chi connectivity index (χ1) is 10.3. The summed E-state index contributed by atoms with van der Waals surface area (Å²) in [4.78, 5) is 2.36. The number of phenolic OH excluding ortho intramolecular Hbond substituents is 1. The molecule has 0 unspecified atom stereocenters. The molecule has 0 amide bonds. The molecule has 21 heavy (non-hydrogen) atoms. The third-order valence-corrected chi connectivity index (χ3v) is 6.54. The number of aromatic hydroxyl groups is 1. The smallest absolute Gasteiger partial charge is 0.357 e. The van der Waals surface area contributed by atoms with Gasteiger partial charge in [-0.1, -0.05) is 30.0 Å². The number of hydrogen-bond donors (Lipinski definition) is 1. The van der Waals surface area contributed by atoms with E-state index in [-0.39, 0.29) is 21.2 Å². The molecule has 0 heterocycles. The highest BCUT2D eigenvalue weighted by atomic mass is 127. The number of hydrogen-bond acceptors (Lipinski definition) is 2. The molecule has 0 spiro atoms. The fourth-order valence-electron chi connectivity index (χ4n) is 1.82. The summed E-state index contributed by atoms with van der Waals surface area (Å²) >= 11 is 1.62. The quantitative estimate of drug-likeness (QED) is 0.667. The van der Waals surface area contributed by atoms with Gasteiger partial charge in [0.25, 0.3) is 0 Å². The zero-order valence-corrected chi connectivity index (χ0v) is 14.2. The van der Waals surface area contributed by atoms with E-state index in [9.17, 15) is 5.11 Å². The van der Waals surface area contributed by atoms with Crippen molar-refractivity contribution < 1.29 is 26.3 Å². The highest BCUT2D eigenvalue weighted by Crippen LogP contribution is 2.28. The Balaban J connectivity index is 1.68. The van der Waals surface area contributed by atoms with Crippen LogP contribution in [0.5, 0.6) is 5.75 Å². The summed E-state index contributed by atoms with van der Waals surface area (Å²) in [6.45, 7) is 0. The average Bonchev–Trinajstić information content (AvgIpc) is 2.53. The number of benzene rings is 3. The molecule has 0 bridgehead atoms. The normalized spacial score (nSPS) is 10.5. The molecule has 0 atom stereocenters. The lowest BCUT2D eigenvalue weighted by molar-refractivity contribution is -0.597. The molecule has 104 valence electrons. The van der Waals surface area contributed by atoms with Crippen molar-refractivity contribution in [3.05, 3.63) is 86.0 Å². The monoisotopic (exact) mass is 405 g/mol. The van der Waals surface area contributed by atoms with E-state index in [1.165, 1.54) is 12.0 Å². The minimum Gasteiger partial charge on any atom is -0.508 e. The van der Waals surface area contributed by atoms with Crippen LogP contribution in [0.25, 0.3) is 0 Å². The van der Waals surface area contributed by atoms with Crippen molar-refractivity contribution in [2.75, 3.05) is 0 Å². The molecule has 1 nitrogen and oxygen atoms in total. The first kappa shape index (κ1) is 14.5. The van der Waals surface area contributed by atoms with E-state index in [0.717, 1.165) is 4.90 Å². The Morgan fingerprint density at radius 2 is 1.14 bits per heavy atom. The zero-order chi connectivity index (χ0) is 14.5. The van der Waals surface area contributed by atoms with Crippen LogP contribution in [0.15, 0.2) is 88.7 Å². The largest absolute Gasteiger partial charge is 0.508 e. The van der Waals surface area contributed by atoms with Crippen molar-refractivity contribution in [1.29, 1.82) is 0 Å². The number of rotatable bonds is 4. The van der Waals surface area contributed by atoms with Crippen molar-refractivity contribution in [2.45, 2.75) is 9.79 Å². The highest BCUT2D eigenvalue weighted by Gasteiger charge is 2.14. The molecule has 0 radical (unpaired) electrons. The fourth-order valence-corrected chi connectivity index (χ4v) is 4.85. The number of halogens is 1. The Kier molecular flexibility index (Phi) is 4.83. The second-order valence-corrected chi connectivity index (χ2v) is 8.62. The molecule has 0 fully saturated rings. The summed E-state index contributed by atoms with van der Waals surface area (Å²) in [6.07, 6.45) is 0. The molecule has 3 rings (SSSR count). The van der Waals surface area contributed by atoms with E-state index in [1.54, 1.807) is 23.9 Å². The third kappa shape index (κ3) is 4.25. The van der Waals surface area contributed by atoms with Gasteiger partial charge in [0.1, 0.15) is 5.75 Å². The van der Waals surface area contributed by atoms with Crippen LogP contribution in [0.3, 0.4) is 0 Å². The lowest BCUT2D eigenvalue weighted by atomic mass is 10.3. The maximum absolute atomic E-state index is 9.29. The van der Waals surface area contributed by atoms with E-state index in [0.29, 0.717) is 5.75 Å². The Hall–Kier alpha value is -1.46. The van der Waals surface area contributed by atoms with Gasteiger partial charge >= 0.3 is 21.2 Å². The van der Waals surface area contributed by atoms with E-state index < -0.39 is 0 Å². The Morgan fingerprint density at radius 1 is 0.619 bits per heavy atom. The summed E-state index contributed by atoms with van der Waals surface area (Å²) in [6, 6.07) is 26.8. The van der Waals surface area contributed by atoms with Crippen LogP contribution in [0.1, 0.15) is 0 Å². The van der Waals surface area contributed by atoms with Gasteiger partial charge in [0.2, 0.25) is 0 Å². The third-order valence-electron chi connectivity index (χ3n) is 2.84. The standard InChI is InChI=1S/C18H13IOS/c20-16-8-12-18(13-9-16)21-17-10-6-15(7-11-17)19-14-4-2-1-3-5-14/h1-13H/p+1. The Bertz CT molecular complexity index is 694. The van der Waals surface area contributed by atoms with Gasteiger partial charge in [-0.3, -0.25) is 0 Å². The van der Waals surface area contributed by atoms with Gasteiger partial charge in [0.05, 0.1) is 0 Å². The summed E-state index contributed by atoms with van der Waals surface area (Å²) in [7, 11) is 0. The van der Waals surface area contributed by atoms with Crippen molar-refractivity contribution >= 4 is 11.8 Å². The van der Waals surface area contributed by atoms with E-state index in [1.807, 2.05) is 12.1 Å². The van der Waals surface area contributed by atoms with Crippen LogP contribution in [0.2, 0.25) is 0 Å². The Labute approximate surface area is 139 Å². The van der Waals surface area contributed by atoms with Gasteiger partial charge in [-0.15, -0.1) is 0 Å². The summed E-state index contributed by atoms with van der Waals surface area (Å²) in [5, 5.41) is 9.29. The summed E-state index contributed by atoms with van der Waals surface area (Å²) < 4.78 is 2.87. The fraction of sp³-hybridized carbons (Fsp3) is 0. The molecule has 3 aromatic rings. The molecular weight excluding hydrogens is 391 g/mol. The summed E-state index contributed by atoms with van der Waals surface area (Å²) in [5.74, 6) is 0.308. The van der Waals surface area contributed by atoms with Crippen LogP contribution >= 0.6 is 11.8 Å². The van der Waals surface area contributed by atoms with Crippen molar-refractivity contribution in [3.8, 4) is 5.75 Å². The predicted molar refractivity (Wildman–Crippen MR) is 82.5 cm³/mol. The van der Waals surface area contributed by atoms with Gasteiger partial charge < -0.3 is 5.11 Å². The minimum absolute atomic E-state index is 0.0913. The lowest BCUT2D eigenvalue weighted by Gasteiger charge is -2.01. The summed E-state index contributed by atoms with van der Waals surface area (Å²) in [5.41, 5.74) is 0. The lowest BCUT2D eigenvalue weighted by Crippen LogP contribution is -3.61. The van der Waals surface area contributed by atoms with Gasteiger partial charge in [0, 0.05) is 9.79 Å². The molecule has 0 aromatic heterocycles. The van der Waals surface area contributed by atoms with Crippen LogP contribution in [-0.2, 0) is 0 Å². The van der Waals surface area contributed by atoms with E-state index in [4.69, 9.17) is 0 Å². The zero-order valence-electron chi connectivity index (χ0n) is 11.2. The Morgan fingerprint density at radius 3 is 1.76 bits per heavy atom. The first-order valence-electron chi connectivity index (χ1n) is 6.56. The predicted octanol–water partition coefficient (Wildman–Crippen LogP) is 1.67. The molecule has 0 aliphatic carbocycles. The van der Waals surface area contributed by atoms with Gasteiger partial charge in [-0.2, -0.15) is 0 Å². The number of phenols is 1. The molecule has 0 aliphatic rings. The van der Waals surface area contributed by atoms with Crippen LogP contribution in [-0.4, -0.2) is 5.11 Å². The van der Waals surface area contributed by atoms with Gasteiger partial charge in [0.15, 0.2) is 7.14 Å². The highest BCUT2D eigenvalue weighted by molar-refractivity contribution is 7.99. The molecule has 3 heteroatoms. The molecule has 0 saturated heterocycles. The van der Waals surface area contributed by atoms with Crippen LogP contribution in [0, 0.1) is 7.14 Å². The van der Waals surface area contributed by atoms with Crippen molar-refractivity contribution in [2.24, 2.45) is 0 Å². The topological polar surface area (TPSA) is 20.2 Å². The maximum Gasteiger partial charge on any atom is 0.357 e. The molecule has 1 N–H and O–H groups in total. The molecule has 0 saturated carbocycles. The SMILES string of the molecule is Oc1ccc(Sc2ccc([I+]c3ccccc3)cc2)cc1. The molecular formula is C18H14IOS+. The second kappa shape index (κ2) is 7.00. The van der Waals surface area contributed by atoms with Gasteiger partial charge in [-0.05, 0) is 60.7 Å². The van der Waals surface area contributed by atoms with Crippen molar-refractivity contribution in [3.63, 3.8) is 0 Å². The second-order valence-electron chi connectivity index (χ2n) is 4.44. The molecule has 0 aliphatic heterocycles. The maximum atomic E-state index is 9.29. The minimum atomic E-state index is -0.0913. The van der Waals surface area contributed by atoms with Crippen molar-refractivity contribution in [1.82, 2.24) is 0 Å². The van der Waals surface area contributed by atoms with Crippen LogP contribution < -0.4 is 21.2 Å². The van der Waals surface area contributed by atoms with E-state index in [2.05, 4.69) is 54.6 Å². The molecule has 3 aromatic carbocycles.